The van der Waals surface area contributed by atoms with Crippen molar-refractivity contribution >= 4 is 27.7 Å². The quantitative estimate of drug-likeness (QED) is 0.552. The minimum atomic E-state index is -1.92. The second kappa shape index (κ2) is 7.90. The van der Waals surface area contributed by atoms with Gasteiger partial charge in [-0.1, -0.05) is 6.07 Å². The normalized spacial score (nSPS) is 17.9. The smallest absolute Gasteiger partial charge is 0.274 e. The predicted octanol–water partition coefficient (Wildman–Crippen LogP) is 2.70. The molecule has 4 rings (SSSR count). The van der Waals surface area contributed by atoms with Gasteiger partial charge < -0.3 is 24.2 Å². The van der Waals surface area contributed by atoms with E-state index in [0.29, 0.717) is 11.4 Å². The number of hydrogen-bond donors (Lipinski definition) is 3. The van der Waals surface area contributed by atoms with Crippen LogP contribution in [0.3, 0.4) is 0 Å². The third kappa shape index (κ3) is 3.76. The van der Waals surface area contributed by atoms with Crippen LogP contribution in [0.1, 0.15) is 12.0 Å². The molecule has 0 saturated carbocycles. The number of aromatic nitrogens is 2. The fourth-order valence-corrected chi connectivity index (χ4v) is 4.15. The summed E-state index contributed by atoms with van der Waals surface area (Å²) in [7, 11) is 1.72. The molecule has 8 heteroatoms. The molecule has 0 amide bonds. The average molecular weight is 401 g/mol. The van der Waals surface area contributed by atoms with Gasteiger partial charge in [-0.3, -0.25) is 4.79 Å². The fraction of sp³-hybridized carbons (Fsp3) is 0.350. The number of aromatic amines is 1. The van der Waals surface area contributed by atoms with E-state index in [9.17, 15) is 13.6 Å². The number of rotatable bonds is 6. The van der Waals surface area contributed by atoms with Gasteiger partial charge in [-0.2, -0.15) is 0 Å². The summed E-state index contributed by atoms with van der Waals surface area (Å²) >= 11 is -1.92. The van der Waals surface area contributed by atoms with Gasteiger partial charge in [0.05, 0.1) is 12.4 Å². The van der Waals surface area contributed by atoms with E-state index in [1.807, 2.05) is 30.5 Å². The Morgan fingerprint density at radius 2 is 2.21 bits per heavy atom. The molecule has 0 spiro atoms. The highest BCUT2D eigenvalue weighted by Gasteiger charge is 2.18. The Bertz CT molecular complexity index is 1080. The second-order valence-electron chi connectivity index (χ2n) is 7.18. The average Bonchev–Trinajstić information content (AvgIpc) is 3.35. The zero-order valence-corrected chi connectivity index (χ0v) is 16.4. The maximum absolute atomic E-state index is 12.4. The van der Waals surface area contributed by atoms with Gasteiger partial charge in [-0.05, 0) is 30.2 Å². The minimum absolute atomic E-state index is 0.0613. The van der Waals surface area contributed by atoms with Crippen molar-refractivity contribution in [3.63, 3.8) is 0 Å². The SMILES string of the molecule is Cn1cc(-c2cc(CS(=O)O)ccc2NCC2CCOC2)c2cc[nH]c2c1=O. The maximum atomic E-state index is 12.4. The van der Waals surface area contributed by atoms with Gasteiger partial charge >= 0.3 is 0 Å². The molecule has 0 bridgehead atoms. The molecule has 0 radical (unpaired) electrons. The number of anilines is 1. The molecule has 1 fully saturated rings. The van der Waals surface area contributed by atoms with Crippen molar-refractivity contribution < 1.29 is 13.5 Å². The van der Waals surface area contributed by atoms with Crippen molar-refractivity contribution in [2.24, 2.45) is 13.0 Å². The lowest BCUT2D eigenvalue weighted by molar-refractivity contribution is 0.187. The molecule has 3 heterocycles. The summed E-state index contributed by atoms with van der Waals surface area (Å²) < 4.78 is 27.6. The number of benzene rings is 1. The highest BCUT2D eigenvalue weighted by atomic mass is 32.2. The van der Waals surface area contributed by atoms with Gasteiger partial charge in [0.2, 0.25) is 0 Å². The number of pyridine rings is 1. The monoisotopic (exact) mass is 401 g/mol. The van der Waals surface area contributed by atoms with Crippen LogP contribution in [-0.4, -0.2) is 38.1 Å². The first kappa shape index (κ1) is 18.9. The Morgan fingerprint density at radius 3 is 2.96 bits per heavy atom. The maximum Gasteiger partial charge on any atom is 0.274 e. The van der Waals surface area contributed by atoms with Gasteiger partial charge in [0.15, 0.2) is 11.1 Å². The molecule has 1 saturated heterocycles. The van der Waals surface area contributed by atoms with E-state index >= 15 is 0 Å². The van der Waals surface area contributed by atoms with Crippen LogP contribution in [0.15, 0.2) is 41.5 Å². The Hall–Kier alpha value is -2.42. The Balaban J connectivity index is 1.80. The lowest BCUT2D eigenvalue weighted by Crippen LogP contribution is -2.17. The van der Waals surface area contributed by atoms with E-state index in [1.165, 1.54) is 0 Å². The Kier molecular flexibility index (Phi) is 5.34. The summed E-state index contributed by atoms with van der Waals surface area (Å²) in [4.78, 5) is 15.4. The molecule has 1 aliphatic heterocycles. The molecule has 1 aliphatic rings. The van der Waals surface area contributed by atoms with Crippen LogP contribution in [0.2, 0.25) is 0 Å². The van der Waals surface area contributed by atoms with Gasteiger partial charge in [0, 0.05) is 60.7 Å². The van der Waals surface area contributed by atoms with E-state index in [4.69, 9.17) is 4.74 Å². The van der Waals surface area contributed by atoms with Gasteiger partial charge in [-0.25, -0.2) is 4.21 Å². The molecule has 1 aromatic carbocycles. The number of nitrogens with one attached hydrogen (secondary N) is 2. The van der Waals surface area contributed by atoms with Crippen molar-refractivity contribution in [1.82, 2.24) is 9.55 Å². The number of H-pyrrole nitrogens is 1. The minimum Gasteiger partial charge on any atom is -0.384 e. The van der Waals surface area contributed by atoms with E-state index in [1.54, 1.807) is 17.8 Å². The number of nitrogens with zero attached hydrogens (tertiary/aromatic N) is 1. The number of hydrogen-bond acceptors (Lipinski definition) is 4. The largest absolute Gasteiger partial charge is 0.384 e. The number of fused-ring (bicyclic) bond motifs is 1. The van der Waals surface area contributed by atoms with Crippen molar-refractivity contribution in [2.45, 2.75) is 12.2 Å². The van der Waals surface area contributed by atoms with Crippen LogP contribution in [-0.2, 0) is 28.6 Å². The van der Waals surface area contributed by atoms with Crippen molar-refractivity contribution in [1.29, 1.82) is 0 Å². The number of ether oxygens (including phenoxy) is 1. The highest BCUT2D eigenvalue weighted by molar-refractivity contribution is 7.78. The molecule has 2 atom stereocenters. The van der Waals surface area contributed by atoms with Gasteiger partial charge in [-0.15, -0.1) is 0 Å². The zero-order chi connectivity index (χ0) is 19.7. The molecule has 7 nitrogen and oxygen atoms in total. The molecule has 28 heavy (non-hydrogen) atoms. The Labute approximate surface area is 165 Å². The Morgan fingerprint density at radius 1 is 1.36 bits per heavy atom. The number of aryl methyl sites for hydroxylation is 1. The fourth-order valence-electron chi connectivity index (χ4n) is 3.68. The van der Waals surface area contributed by atoms with Crippen LogP contribution < -0.4 is 10.9 Å². The first-order chi connectivity index (χ1) is 13.5. The van der Waals surface area contributed by atoms with Crippen LogP contribution in [0.5, 0.6) is 0 Å². The summed E-state index contributed by atoms with van der Waals surface area (Å²) in [6.07, 6.45) is 4.61. The lowest BCUT2D eigenvalue weighted by atomic mass is 9.99. The summed E-state index contributed by atoms with van der Waals surface area (Å²) in [5, 5.41) is 4.34. The predicted molar refractivity (Wildman–Crippen MR) is 111 cm³/mol. The van der Waals surface area contributed by atoms with E-state index < -0.39 is 11.1 Å². The van der Waals surface area contributed by atoms with E-state index in [-0.39, 0.29) is 11.3 Å². The van der Waals surface area contributed by atoms with E-state index in [2.05, 4.69) is 10.3 Å². The summed E-state index contributed by atoms with van der Waals surface area (Å²) in [6.45, 7) is 2.34. The molecule has 0 aliphatic carbocycles. The second-order valence-corrected chi connectivity index (χ2v) is 8.11. The van der Waals surface area contributed by atoms with Crippen LogP contribution >= 0.6 is 0 Å². The third-order valence-electron chi connectivity index (χ3n) is 5.16. The molecule has 148 valence electrons. The molecule has 3 N–H and O–H groups in total. The summed E-state index contributed by atoms with van der Waals surface area (Å²) in [5.74, 6) is 0.524. The van der Waals surface area contributed by atoms with Crippen LogP contribution in [0, 0.1) is 5.92 Å². The van der Waals surface area contributed by atoms with Crippen LogP contribution in [0.25, 0.3) is 22.0 Å². The standard InChI is InChI=1S/C20H23N3O4S/c1-23-10-17(15-4-6-21-19(15)20(23)24)16-8-13(12-28(25)26)2-3-18(16)22-9-14-5-7-27-11-14/h2-4,6,8,10,14,21-22H,5,7,9,11-12H2,1H3,(H,25,26). The molecular weight excluding hydrogens is 378 g/mol. The van der Waals surface area contributed by atoms with Crippen molar-refractivity contribution in [2.75, 3.05) is 25.1 Å². The van der Waals surface area contributed by atoms with Crippen molar-refractivity contribution in [3.05, 3.63) is 52.6 Å². The highest BCUT2D eigenvalue weighted by Crippen LogP contribution is 2.34. The lowest BCUT2D eigenvalue weighted by Gasteiger charge is -2.17. The van der Waals surface area contributed by atoms with Crippen molar-refractivity contribution in [3.8, 4) is 11.1 Å². The summed E-state index contributed by atoms with van der Waals surface area (Å²) in [5.41, 5.74) is 3.96. The van der Waals surface area contributed by atoms with E-state index in [0.717, 1.165) is 53.9 Å². The van der Waals surface area contributed by atoms with Crippen LogP contribution in [0.4, 0.5) is 5.69 Å². The molecular formula is C20H23N3O4S. The first-order valence-electron chi connectivity index (χ1n) is 9.22. The van der Waals surface area contributed by atoms with Gasteiger partial charge in [0.1, 0.15) is 5.52 Å². The summed E-state index contributed by atoms with van der Waals surface area (Å²) in [6, 6.07) is 7.61. The molecule has 3 aromatic rings. The third-order valence-corrected chi connectivity index (χ3v) is 5.74. The zero-order valence-electron chi connectivity index (χ0n) is 15.6. The molecule has 2 aromatic heterocycles. The van der Waals surface area contributed by atoms with Gasteiger partial charge in [0.25, 0.3) is 5.56 Å². The topological polar surface area (TPSA) is 96.3 Å². The molecule has 2 unspecified atom stereocenters. The first-order valence-corrected chi connectivity index (χ1v) is 10.5.